The van der Waals surface area contributed by atoms with Crippen LogP contribution in [0.2, 0.25) is 0 Å². The van der Waals surface area contributed by atoms with E-state index in [0.29, 0.717) is 5.89 Å². The Kier molecular flexibility index (Phi) is 3.52. The maximum Gasteiger partial charge on any atom is 0.248 e. The van der Waals surface area contributed by atoms with Crippen molar-refractivity contribution in [3.8, 4) is 11.5 Å². The smallest absolute Gasteiger partial charge is 0.248 e. The average molecular weight is 243 g/mol. The second-order valence-electron chi connectivity index (χ2n) is 4.03. The molecular weight excluding hydrogens is 230 g/mol. The summed E-state index contributed by atoms with van der Waals surface area (Å²) in [5.74, 6) is 0.317. The number of benzene rings is 1. The van der Waals surface area contributed by atoms with E-state index in [1.165, 1.54) is 6.39 Å². The van der Waals surface area contributed by atoms with Gasteiger partial charge in [-0.1, -0.05) is 5.57 Å². The zero-order chi connectivity index (χ0) is 13.0. The molecule has 0 bridgehead atoms. The second kappa shape index (κ2) is 5.27. The molecule has 0 saturated heterocycles. The minimum atomic E-state index is -0.138. The predicted molar refractivity (Wildman–Crippen MR) is 67.8 cm³/mol. The molecule has 92 valence electrons. The molecular formula is C13H13N3O2. The van der Waals surface area contributed by atoms with E-state index in [1.54, 1.807) is 18.2 Å². The molecule has 0 fully saturated rings. The molecule has 0 unspecified atom stereocenters. The number of nitrogens with one attached hydrogen (secondary N) is 1. The Balaban J connectivity index is 2.09. The first-order chi connectivity index (χ1) is 8.65. The Morgan fingerprint density at radius 1 is 1.28 bits per heavy atom. The summed E-state index contributed by atoms with van der Waals surface area (Å²) >= 11 is 0. The quantitative estimate of drug-likeness (QED) is 0.841. The lowest BCUT2D eigenvalue weighted by Gasteiger charge is -2.03. The maximum atomic E-state index is 11.5. The highest BCUT2D eigenvalue weighted by atomic mass is 16.4. The lowest BCUT2D eigenvalue weighted by atomic mass is 10.2. The highest BCUT2D eigenvalue weighted by Gasteiger charge is 2.03. The molecule has 5 heteroatoms. The molecule has 5 nitrogen and oxygen atoms in total. The number of hydrogen-bond acceptors (Lipinski definition) is 4. The van der Waals surface area contributed by atoms with Gasteiger partial charge in [0, 0.05) is 17.3 Å². The normalized spacial score (nSPS) is 9.89. The zero-order valence-corrected chi connectivity index (χ0v) is 10.2. The van der Waals surface area contributed by atoms with E-state index in [-0.39, 0.29) is 5.91 Å². The molecule has 1 amide bonds. The lowest BCUT2D eigenvalue weighted by Crippen LogP contribution is -2.08. The largest absolute Gasteiger partial charge is 0.423 e. The SMILES string of the molecule is CC(C)=CC(=O)Nc1ccc(-c2nnco2)cc1. The molecule has 1 heterocycles. The Bertz CT molecular complexity index is 552. The molecule has 0 saturated carbocycles. The van der Waals surface area contributed by atoms with Gasteiger partial charge in [-0.25, -0.2) is 0 Å². The summed E-state index contributed by atoms with van der Waals surface area (Å²) in [7, 11) is 0. The molecule has 2 rings (SSSR count). The number of hydrogen-bond donors (Lipinski definition) is 1. The minimum Gasteiger partial charge on any atom is -0.423 e. The van der Waals surface area contributed by atoms with Crippen LogP contribution < -0.4 is 5.32 Å². The number of carbonyl (C=O) groups is 1. The first-order valence-corrected chi connectivity index (χ1v) is 5.47. The van der Waals surface area contributed by atoms with Crippen LogP contribution in [-0.4, -0.2) is 16.1 Å². The number of rotatable bonds is 3. The number of anilines is 1. The van der Waals surface area contributed by atoms with Crippen LogP contribution in [0.1, 0.15) is 13.8 Å². The highest BCUT2D eigenvalue weighted by molar-refractivity contribution is 5.99. The fraction of sp³-hybridized carbons (Fsp3) is 0.154. The summed E-state index contributed by atoms with van der Waals surface area (Å²) in [5, 5.41) is 10.2. The molecule has 1 aromatic carbocycles. The molecule has 0 aliphatic heterocycles. The molecule has 18 heavy (non-hydrogen) atoms. The van der Waals surface area contributed by atoms with Gasteiger partial charge in [-0.05, 0) is 38.1 Å². The number of nitrogens with zero attached hydrogens (tertiary/aromatic N) is 2. The summed E-state index contributed by atoms with van der Waals surface area (Å²) in [6.45, 7) is 3.75. The third-order valence-corrected chi connectivity index (χ3v) is 2.18. The molecule has 0 spiro atoms. The van der Waals surface area contributed by atoms with Crippen molar-refractivity contribution < 1.29 is 9.21 Å². The fourth-order valence-electron chi connectivity index (χ4n) is 1.44. The van der Waals surface area contributed by atoms with Gasteiger partial charge in [-0.15, -0.1) is 10.2 Å². The molecule has 0 aliphatic carbocycles. The molecule has 1 aromatic heterocycles. The Hall–Kier alpha value is -2.43. The van der Waals surface area contributed by atoms with E-state index in [0.717, 1.165) is 16.8 Å². The van der Waals surface area contributed by atoms with Crippen LogP contribution in [0.15, 0.2) is 46.7 Å². The topological polar surface area (TPSA) is 68.0 Å². The Morgan fingerprint density at radius 2 is 2.00 bits per heavy atom. The highest BCUT2D eigenvalue weighted by Crippen LogP contribution is 2.18. The van der Waals surface area contributed by atoms with Crippen molar-refractivity contribution in [3.63, 3.8) is 0 Å². The van der Waals surface area contributed by atoms with Crippen molar-refractivity contribution in [2.75, 3.05) is 5.32 Å². The maximum absolute atomic E-state index is 11.5. The fourth-order valence-corrected chi connectivity index (χ4v) is 1.44. The van der Waals surface area contributed by atoms with Gasteiger partial charge in [-0.2, -0.15) is 0 Å². The molecule has 2 aromatic rings. The first-order valence-electron chi connectivity index (χ1n) is 5.47. The number of aromatic nitrogens is 2. The van der Waals surface area contributed by atoms with E-state index < -0.39 is 0 Å². The van der Waals surface area contributed by atoms with Crippen LogP contribution in [0.3, 0.4) is 0 Å². The molecule has 0 atom stereocenters. The standard InChI is InChI=1S/C13H13N3O2/c1-9(2)7-12(17)15-11-5-3-10(4-6-11)13-16-14-8-18-13/h3-8H,1-2H3,(H,15,17). The number of carbonyl (C=O) groups excluding carboxylic acids is 1. The molecule has 0 aliphatic rings. The third kappa shape index (κ3) is 3.04. The van der Waals surface area contributed by atoms with Crippen molar-refractivity contribution in [1.29, 1.82) is 0 Å². The number of allylic oxidation sites excluding steroid dienone is 1. The van der Waals surface area contributed by atoms with E-state index in [1.807, 2.05) is 26.0 Å². The Morgan fingerprint density at radius 3 is 2.56 bits per heavy atom. The van der Waals surface area contributed by atoms with Gasteiger partial charge in [0.15, 0.2) is 0 Å². The van der Waals surface area contributed by atoms with E-state index in [9.17, 15) is 4.79 Å². The van der Waals surface area contributed by atoms with Crippen LogP contribution in [-0.2, 0) is 4.79 Å². The van der Waals surface area contributed by atoms with Crippen molar-refractivity contribution in [1.82, 2.24) is 10.2 Å². The zero-order valence-electron chi connectivity index (χ0n) is 10.2. The summed E-state index contributed by atoms with van der Waals surface area (Å²) in [6, 6.07) is 7.20. The van der Waals surface area contributed by atoms with Crippen LogP contribution >= 0.6 is 0 Å². The second-order valence-corrected chi connectivity index (χ2v) is 4.03. The van der Waals surface area contributed by atoms with E-state index in [2.05, 4.69) is 15.5 Å². The van der Waals surface area contributed by atoms with E-state index >= 15 is 0 Å². The van der Waals surface area contributed by atoms with Gasteiger partial charge in [-0.3, -0.25) is 4.79 Å². The Labute approximate surface area is 105 Å². The summed E-state index contributed by atoms with van der Waals surface area (Å²) in [6.07, 6.45) is 2.83. The van der Waals surface area contributed by atoms with E-state index in [4.69, 9.17) is 4.42 Å². The van der Waals surface area contributed by atoms with Gasteiger partial charge in [0.25, 0.3) is 0 Å². The van der Waals surface area contributed by atoms with Crippen LogP contribution in [0.4, 0.5) is 5.69 Å². The van der Waals surface area contributed by atoms with Crippen molar-refractivity contribution in [2.24, 2.45) is 0 Å². The van der Waals surface area contributed by atoms with Gasteiger partial charge >= 0.3 is 0 Å². The number of amides is 1. The van der Waals surface area contributed by atoms with Crippen LogP contribution in [0.5, 0.6) is 0 Å². The van der Waals surface area contributed by atoms with Gasteiger partial charge in [0.2, 0.25) is 18.2 Å². The predicted octanol–water partition coefficient (Wildman–Crippen LogP) is 2.64. The van der Waals surface area contributed by atoms with Crippen LogP contribution in [0.25, 0.3) is 11.5 Å². The van der Waals surface area contributed by atoms with Crippen molar-refractivity contribution >= 4 is 11.6 Å². The first kappa shape index (κ1) is 12.0. The lowest BCUT2D eigenvalue weighted by molar-refractivity contribution is -0.111. The molecule has 0 radical (unpaired) electrons. The molecule has 1 N–H and O–H groups in total. The summed E-state index contributed by atoms with van der Waals surface area (Å²) in [5.41, 5.74) is 2.49. The monoisotopic (exact) mass is 243 g/mol. The third-order valence-electron chi connectivity index (χ3n) is 2.18. The summed E-state index contributed by atoms with van der Waals surface area (Å²) in [4.78, 5) is 11.5. The summed E-state index contributed by atoms with van der Waals surface area (Å²) < 4.78 is 5.07. The van der Waals surface area contributed by atoms with Gasteiger partial charge in [0.05, 0.1) is 0 Å². The average Bonchev–Trinajstić information content (AvgIpc) is 2.82. The van der Waals surface area contributed by atoms with Crippen molar-refractivity contribution in [2.45, 2.75) is 13.8 Å². The van der Waals surface area contributed by atoms with Crippen molar-refractivity contribution in [3.05, 3.63) is 42.3 Å². The van der Waals surface area contributed by atoms with Crippen LogP contribution in [0, 0.1) is 0 Å². The minimum absolute atomic E-state index is 0.138. The van der Waals surface area contributed by atoms with Gasteiger partial charge in [0.1, 0.15) is 0 Å². The van der Waals surface area contributed by atoms with Gasteiger partial charge < -0.3 is 9.73 Å².